The van der Waals surface area contributed by atoms with Crippen LogP contribution in [0.25, 0.3) is 0 Å². The van der Waals surface area contributed by atoms with Crippen molar-refractivity contribution in [1.29, 1.82) is 0 Å². The minimum atomic E-state index is -0.787. The number of esters is 3. The Bertz CT molecular complexity index is 1570. The molecule has 0 N–H and O–H groups in total. The molecule has 0 fully saturated rings. The predicted octanol–water partition coefficient (Wildman–Crippen LogP) is 21.2. The number of hydrogen-bond donors (Lipinski definition) is 0. The third-order valence-corrected chi connectivity index (χ3v) is 13.0. The first-order valence-electron chi connectivity index (χ1n) is 31.0. The molecule has 0 rings (SSSR count). The zero-order valence-corrected chi connectivity index (χ0v) is 48.8. The van der Waals surface area contributed by atoms with Crippen LogP contribution in [0.4, 0.5) is 0 Å². The topological polar surface area (TPSA) is 78.9 Å². The Morgan fingerprint density at radius 2 is 0.520 bits per heavy atom. The second-order valence-corrected chi connectivity index (χ2v) is 20.2. The predicted molar refractivity (Wildman–Crippen MR) is 325 cm³/mol. The maximum atomic E-state index is 12.8. The molecule has 0 heterocycles. The van der Waals surface area contributed by atoms with Gasteiger partial charge in [-0.1, -0.05) is 264 Å². The zero-order valence-electron chi connectivity index (χ0n) is 48.8. The Morgan fingerprint density at radius 1 is 0.280 bits per heavy atom. The third-order valence-electron chi connectivity index (χ3n) is 13.0. The smallest absolute Gasteiger partial charge is 0.306 e. The summed E-state index contributed by atoms with van der Waals surface area (Å²) in [5.74, 6) is -0.910. The van der Waals surface area contributed by atoms with Gasteiger partial charge in [0.1, 0.15) is 13.2 Å². The molecule has 0 aliphatic carbocycles. The Kier molecular flexibility index (Phi) is 58.9. The molecule has 0 bridgehead atoms. The fourth-order valence-corrected chi connectivity index (χ4v) is 8.31. The van der Waals surface area contributed by atoms with Crippen molar-refractivity contribution in [3.05, 3.63) is 122 Å². The maximum Gasteiger partial charge on any atom is 0.306 e. The monoisotopic (exact) mass is 1040 g/mol. The lowest BCUT2D eigenvalue weighted by atomic mass is 10.1. The molecule has 6 nitrogen and oxygen atoms in total. The van der Waals surface area contributed by atoms with Gasteiger partial charge < -0.3 is 14.2 Å². The van der Waals surface area contributed by atoms with E-state index in [0.29, 0.717) is 19.3 Å². The summed E-state index contributed by atoms with van der Waals surface area (Å²) in [5, 5.41) is 0. The maximum absolute atomic E-state index is 12.8. The summed E-state index contributed by atoms with van der Waals surface area (Å²) in [5.41, 5.74) is 0. The number of hydrogen-bond acceptors (Lipinski definition) is 6. The molecular formula is C69H114O6. The van der Waals surface area contributed by atoms with Crippen LogP contribution < -0.4 is 0 Å². The summed E-state index contributed by atoms with van der Waals surface area (Å²) in [6.45, 7) is 6.44. The van der Waals surface area contributed by atoms with E-state index in [2.05, 4.69) is 142 Å². The molecule has 0 aliphatic heterocycles. The van der Waals surface area contributed by atoms with Crippen molar-refractivity contribution in [3.63, 3.8) is 0 Å². The first kappa shape index (κ1) is 70.8. The summed E-state index contributed by atoms with van der Waals surface area (Å²) >= 11 is 0. The van der Waals surface area contributed by atoms with Crippen molar-refractivity contribution >= 4 is 17.9 Å². The van der Waals surface area contributed by atoms with Crippen LogP contribution in [0.15, 0.2) is 122 Å². The number of carbonyl (C=O) groups is 3. The van der Waals surface area contributed by atoms with Crippen molar-refractivity contribution < 1.29 is 28.6 Å². The van der Waals surface area contributed by atoms with E-state index in [0.717, 1.165) is 135 Å². The molecule has 0 aromatic carbocycles. The number of ether oxygens (including phenoxy) is 3. The molecule has 6 heteroatoms. The Labute approximate surface area is 462 Å². The van der Waals surface area contributed by atoms with E-state index >= 15 is 0 Å². The molecule has 1 atom stereocenters. The van der Waals surface area contributed by atoms with Crippen molar-refractivity contribution in [2.45, 2.75) is 284 Å². The SMILES string of the molecule is CC/C=C\C/C=C\C/C=C\C/C=C\C/C=C\C/C=C\C/C=C\CCCCCCCCCCCC(=O)OCC(COC(=O)CCCCCCCCC)OC(=O)CCCCCCCC/C=C\C/C=C\C/C=C\CCCCC. The molecular weight excluding hydrogens is 925 g/mol. The number of unbranched alkanes of at least 4 members (excludes halogenated alkanes) is 24. The highest BCUT2D eigenvalue weighted by Gasteiger charge is 2.19. The number of carbonyl (C=O) groups excluding carboxylic acids is 3. The highest BCUT2D eigenvalue weighted by molar-refractivity contribution is 5.71. The lowest BCUT2D eigenvalue weighted by molar-refractivity contribution is -0.167. The summed E-state index contributed by atoms with van der Waals surface area (Å²) in [7, 11) is 0. The first-order chi connectivity index (χ1) is 37.0. The van der Waals surface area contributed by atoms with Crippen LogP contribution in [0.5, 0.6) is 0 Å². The van der Waals surface area contributed by atoms with Crippen LogP contribution in [0.2, 0.25) is 0 Å². The molecule has 1 unspecified atom stereocenters. The second-order valence-electron chi connectivity index (χ2n) is 20.2. The van der Waals surface area contributed by atoms with Crippen LogP contribution in [-0.2, 0) is 28.6 Å². The van der Waals surface area contributed by atoms with Gasteiger partial charge in [0.2, 0.25) is 0 Å². The minimum Gasteiger partial charge on any atom is -0.462 e. The largest absolute Gasteiger partial charge is 0.462 e. The van der Waals surface area contributed by atoms with E-state index in [9.17, 15) is 14.4 Å². The lowest BCUT2D eigenvalue weighted by Gasteiger charge is -2.18. The van der Waals surface area contributed by atoms with Crippen LogP contribution in [0.1, 0.15) is 278 Å². The van der Waals surface area contributed by atoms with Gasteiger partial charge in [-0.15, -0.1) is 0 Å². The van der Waals surface area contributed by atoms with Crippen molar-refractivity contribution in [1.82, 2.24) is 0 Å². The molecule has 0 aliphatic rings. The molecule has 0 saturated carbocycles. The highest BCUT2D eigenvalue weighted by Crippen LogP contribution is 2.15. The van der Waals surface area contributed by atoms with Crippen molar-refractivity contribution in [2.75, 3.05) is 13.2 Å². The van der Waals surface area contributed by atoms with Crippen LogP contribution in [0, 0.1) is 0 Å². The second kappa shape index (κ2) is 62.4. The van der Waals surface area contributed by atoms with E-state index < -0.39 is 6.10 Å². The van der Waals surface area contributed by atoms with Gasteiger partial charge in [-0.25, -0.2) is 0 Å². The normalized spacial score (nSPS) is 12.9. The Balaban J connectivity index is 4.18. The van der Waals surface area contributed by atoms with E-state index in [-0.39, 0.29) is 31.1 Å². The Hall–Kier alpha value is -4.19. The van der Waals surface area contributed by atoms with E-state index in [1.807, 2.05) is 0 Å². The van der Waals surface area contributed by atoms with Crippen LogP contribution >= 0.6 is 0 Å². The van der Waals surface area contributed by atoms with E-state index in [4.69, 9.17) is 14.2 Å². The van der Waals surface area contributed by atoms with Crippen LogP contribution in [-0.4, -0.2) is 37.2 Å². The molecule has 0 aromatic heterocycles. The van der Waals surface area contributed by atoms with Crippen LogP contribution in [0.3, 0.4) is 0 Å². The highest BCUT2D eigenvalue weighted by atomic mass is 16.6. The van der Waals surface area contributed by atoms with E-state index in [1.54, 1.807) is 0 Å². The van der Waals surface area contributed by atoms with Gasteiger partial charge >= 0.3 is 17.9 Å². The fourth-order valence-electron chi connectivity index (χ4n) is 8.31. The van der Waals surface area contributed by atoms with Gasteiger partial charge in [-0.05, 0) is 116 Å². The van der Waals surface area contributed by atoms with Crippen molar-refractivity contribution in [3.8, 4) is 0 Å². The standard InChI is InChI=1S/C69H114O6/c1-4-7-10-13-16-18-20-22-24-26-28-29-30-31-32-33-34-35-36-37-38-39-41-42-44-46-48-50-53-56-59-62-68(71)74-65-66(64-73-67(70)61-58-55-52-15-12-9-6-3)75-69(72)63-60-57-54-51-49-47-45-43-40-27-25-23-21-19-17-14-11-8-5-2/h7,10,16-19,22-25,28-29,31-32,34-35,37-38,40,43,66H,4-6,8-9,11-15,20-21,26-27,30,33,36,39,41-42,44-65H2,1-3H3/b10-7-,18-16-,19-17-,24-22-,25-23-,29-28-,32-31-,35-34-,38-37-,43-40-. The summed E-state index contributed by atoms with van der Waals surface area (Å²) in [4.78, 5) is 38.0. The van der Waals surface area contributed by atoms with Gasteiger partial charge in [0.15, 0.2) is 6.10 Å². The average molecular weight is 1040 g/mol. The fraction of sp³-hybridized carbons (Fsp3) is 0.667. The first-order valence-corrected chi connectivity index (χ1v) is 31.0. The molecule has 0 aromatic rings. The zero-order chi connectivity index (χ0) is 54.3. The van der Waals surface area contributed by atoms with Gasteiger partial charge in [0, 0.05) is 19.3 Å². The number of allylic oxidation sites excluding steroid dienone is 20. The summed E-state index contributed by atoms with van der Waals surface area (Å²) < 4.78 is 16.8. The molecule has 426 valence electrons. The van der Waals surface area contributed by atoms with Gasteiger partial charge in [-0.3, -0.25) is 14.4 Å². The van der Waals surface area contributed by atoms with Gasteiger partial charge in [-0.2, -0.15) is 0 Å². The van der Waals surface area contributed by atoms with Crippen molar-refractivity contribution in [2.24, 2.45) is 0 Å². The lowest BCUT2D eigenvalue weighted by Crippen LogP contribution is -2.30. The number of rotatable bonds is 55. The Morgan fingerprint density at radius 3 is 0.840 bits per heavy atom. The molecule has 0 spiro atoms. The molecule has 75 heavy (non-hydrogen) atoms. The molecule has 0 amide bonds. The summed E-state index contributed by atoms with van der Waals surface area (Å²) in [6.07, 6.45) is 86.5. The van der Waals surface area contributed by atoms with Gasteiger partial charge in [0.25, 0.3) is 0 Å². The molecule has 0 saturated heterocycles. The quantitative estimate of drug-likeness (QED) is 0.0261. The van der Waals surface area contributed by atoms with Gasteiger partial charge in [0.05, 0.1) is 0 Å². The summed E-state index contributed by atoms with van der Waals surface area (Å²) in [6, 6.07) is 0. The molecule has 0 radical (unpaired) electrons. The minimum absolute atomic E-state index is 0.0859. The van der Waals surface area contributed by atoms with E-state index in [1.165, 1.54) is 103 Å². The average Bonchev–Trinajstić information content (AvgIpc) is 3.41. The third kappa shape index (κ3) is 60.6.